The van der Waals surface area contributed by atoms with Gasteiger partial charge in [0.25, 0.3) is 0 Å². The standard InChI is InChI=1S/C20H29FN2O.C2HF3O2/c21-18-5-3-16(4-6-18)20(24)17-10-13-23(14-11-17)12-9-15-1-7-19(22)8-2-15;3-2(4,5)1(6)7/h3-6,15,17,19H,1-2,7-14,22H2;(H,6,7). The Bertz CT molecular complexity index is 708. The number of hydrogen-bond donors (Lipinski definition) is 2. The minimum atomic E-state index is -5.08. The fraction of sp³-hybridized carbons (Fsp3) is 0.636. The van der Waals surface area contributed by atoms with E-state index in [4.69, 9.17) is 15.6 Å². The summed E-state index contributed by atoms with van der Waals surface area (Å²) >= 11 is 0. The maximum absolute atomic E-state index is 13.0. The molecule has 1 saturated carbocycles. The predicted octanol–water partition coefficient (Wildman–Crippen LogP) is 4.26. The van der Waals surface area contributed by atoms with E-state index in [1.165, 1.54) is 44.2 Å². The van der Waals surface area contributed by atoms with Crippen LogP contribution >= 0.6 is 0 Å². The highest BCUT2D eigenvalue weighted by Crippen LogP contribution is 2.27. The third kappa shape index (κ3) is 8.57. The minimum Gasteiger partial charge on any atom is -0.475 e. The van der Waals surface area contributed by atoms with Crippen LogP contribution in [-0.2, 0) is 4.79 Å². The molecule has 31 heavy (non-hydrogen) atoms. The van der Waals surface area contributed by atoms with E-state index in [0.717, 1.165) is 38.4 Å². The predicted molar refractivity (Wildman–Crippen MR) is 108 cm³/mol. The van der Waals surface area contributed by atoms with Crippen molar-refractivity contribution in [2.24, 2.45) is 17.6 Å². The zero-order valence-corrected chi connectivity index (χ0v) is 17.4. The van der Waals surface area contributed by atoms with Crippen molar-refractivity contribution in [1.29, 1.82) is 0 Å². The van der Waals surface area contributed by atoms with Gasteiger partial charge in [0, 0.05) is 17.5 Å². The van der Waals surface area contributed by atoms with Crippen molar-refractivity contribution in [2.75, 3.05) is 19.6 Å². The summed E-state index contributed by atoms with van der Waals surface area (Å²) in [4.78, 5) is 23.9. The Labute approximate surface area is 179 Å². The number of rotatable bonds is 5. The lowest BCUT2D eigenvalue weighted by Gasteiger charge is -2.33. The fourth-order valence-electron chi connectivity index (χ4n) is 4.11. The number of carboxylic acid groups (broad SMARTS) is 1. The number of carbonyl (C=O) groups excluding carboxylic acids is 1. The van der Waals surface area contributed by atoms with Gasteiger partial charge in [0.15, 0.2) is 5.78 Å². The number of Topliss-reactive ketones (excluding diaryl/α,β-unsaturated/α-hetero) is 1. The van der Waals surface area contributed by atoms with Crippen molar-refractivity contribution < 1.29 is 32.3 Å². The second kappa shape index (κ2) is 11.6. The van der Waals surface area contributed by atoms with Gasteiger partial charge in [-0.3, -0.25) is 4.79 Å². The molecule has 1 aromatic rings. The van der Waals surface area contributed by atoms with Gasteiger partial charge in [-0.15, -0.1) is 0 Å². The molecule has 9 heteroatoms. The van der Waals surface area contributed by atoms with Crippen LogP contribution in [0.1, 0.15) is 55.3 Å². The van der Waals surface area contributed by atoms with Crippen LogP contribution in [-0.4, -0.2) is 53.6 Å². The van der Waals surface area contributed by atoms with Crippen molar-refractivity contribution in [3.63, 3.8) is 0 Å². The van der Waals surface area contributed by atoms with E-state index < -0.39 is 12.1 Å². The monoisotopic (exact) mass is 446 g/mol. The van der Waals surface area contributed by atoms with Gasteiger partial charge in [-0.2, -0.15) is 13.2 Å². The molecular weight excluding hydrogens is 416 g/mol. The number of carbonyl (C=O) groups is 2. The average molecular weight is 446 g/mol. The van der Waals surface area contributed by atoms with Gasteiger partial charge in [0.05, 0.1) is 0 Å². The van der Waals surface area contributed by atoms with E-state index in [0.29, 0.717) is 11.6 Å². The zero-order chi connectivity index (χ0) is 23.0. The number of likely N-dealkylation sites (tertiary alicyclic amines) is 1. The first-order valence-corrected chi connectivity index (χ1v) is 10.6. The van der Waals surface area contributed by atoms with Gasteiger partial charge in [-0.1, -0.05) is 0 Å². The van der Waals surface area contributed by atoms with Gasteiger partial charge >= 0.3 is 12.1 Å². The first-order valence-electron chi connectivity index (χ1n) is 10.6. The summed E-state index contributed by atoms with van der Waals surface area (Å²) in [6, 6.07) is 6.39. The largest absolute Gasteiger partial charge is 0.490 e. The Kier molecular flexibility index (Phi) is 9.43. The van der Waals surface area contributed by atoms with Gasteiger partial charge in [-0.25, -0.2) is 9.18 Å². The van der Waals surface area contributed by atoms with Gasteiger partial charge in [0.1, 0.15) is 5.82 Å². The second-order valence-electron chi connectivity index (χ2n) is 8.36. The number of nitrogens with zero attached hydrogens (tertiary/aromatic N) is 1. The van der Waals surface area contributed by atoms with Crippen molar-refractivity contribution >= 4 is 11.8 Å². The molecule has 0 amide bonds. The minimum absolute atomic E-state index is 0.0967. The highest BCUT2D eigenvalue weighted by Gasteiger charge is 2.38. The number of halogens is 4. The molecule has 3 N–H and O–H groups in total. The summed E-state index contributed by atoms with van der Waals surface area (Å²) in [5, 5.41) is 7.12. The number of nitrogens with two attached hydrogens (primary N) is 1. The SMILES string of the molecule is NC1CCC(CCN2CCC(C(=O)c3ccc(F)cc3)CC2)CC1.O=C(O)C(F)(F)F. The van der Waals surface area contributed by atoms with E-state index in [-0.39, 0.29) is 17.5 Å². The van der Waals surface area contributed by atoms with Gasteiger partial charge in [0.2, 0.25) is 0 Å². The molecule has 2 aliphatic rings. The van der Waals surface area contributed by atoms with Crippen LogP contribution in [0.15, 0.2) is 24.3 Å². The fourth-order valence-corrected chi connectivity index (χ4v) is 4.11. The number of ketones is 1. The molecule has 0 aromatic heterocycles. The van der Waals surface area contributed by atoms with Gasteiger partial charge in [-0.05, 0) is 94.8 Å². The molecule has 174 valence electrons. The maximum Gasteiger partial charge on any atom is 0.490 e. The smallest absolute Gasteiger partial charge is 0.475 e. The number of alkyl halides is 3. The van der Waals surface area contributed by atoms with E-state index in [9.17, 15) is 22.4 Å². The molecule has 1 heterocycles. The van der Waals surface area contributed by atoms with Crippen molar-refractivity contribution in [3.8, 4) is 0 Å². The van der Waals surface area contributed by atoms with Crippen molar-refractivity contribution in [1.82, 2.24) is 4.90 Å². The average Bonchev–Trinajstić information content (AvgIpc) is 2.73. The molecule has 5 nitrogen and oxygen atoms in total. The van der Waals surface area contributed by atoms with Crippen LogP contribution in [0, 0.1) is 17.7 Å². The molecule has 1 aromatic carbocycles. The Morgan fingerprint density at radius 1 is 1.00 bits per heavy atom. The molecule has 1 aliphatic heterocycles. The molecule has 0 unspecified atom stereocenters. The lowest BCUT2D eigenvalue weighted by molar-refractivity contribution is -0.192. The number of hydrogen-bond acceptors (Lipinski definition) is 4. The number of piperidine rings is 1. The Hall–Kier alpha value is -2.00. The number of benzene rings is 1. The third-order valence-corrected chi connectivity index (χ3v) is 6.07. The number of aliphatic carboxylic acids is 1. The lowest BCUT2D eigenvalue weighted by Crippen LogP contribution is -2.38. The quantitative estimate of drug-likeness (QED) is 0.522. The van der Waals surface area contributed by atoms with Crippen LogP contribution in [0.4, 0.5) is 17.6 Å². The van der Waals surface area contributed by atoms with Crippen LogP contribution in [0.25, 0.3) is 0 Å². The summed E-state index contributed by atoms with van der Waals surface area (Å²) in [6.45, 7) is 3.16. The highest BCUT2D eigenvalue weighted by atomic mass is 19.4. The van der Waals surface area contributed by atoms with Crippen molar-refractivity contribution in [2.45, 2.75) is 57.2 Å². The zero-order valence-electron chi connectivity index (χ0n) is 17.4. The Morgan fingerprint density at radius 3 is 2.00 bits per heavy atom. The van der Waals surface area contributed by atoms with Crippen LogP contribution < -0.4 is 5.73 Å². The van der Waals surface area contributed by atoms with Crippen LogP contribution in [0.3, 0.4) is 0 Å². The molecule has 0 bridgehead atoms. The molecule has 2 fully saturated rings. The van der Waals surface area contributed by atoms with E-state index in [1.54, 1.807) is 12.1 Å². The summed E-state index contributed by atoms with van der Waals surface area (Å²) < 4.78 is 44.7. The van der Waals surface area contributed by atoms with E-state index >= 15 is 0 Å². The molecule has 0 radical (unpaired) electrons. The molecule has 0 atom stereocenters. The third-order valence-electron chi connectivity index (χ3n) is 6.07. The van der Waals surface area contributed by atoms with Crippen molar-refractivity contribution in [3.05, 3.63) is 35.6 Å². The summed E-state index contributed by atoms with van der Waals surface area (Å²) in [6.07, 6.45) is 2.94. The summed E-state index contributed by atoms with van der Waals surface area (Å²) in [5.41, 5.74) is 6.62. The summed E-state index contributed by atoms with van der Waals surface area (Å²) in [5.74, 6) is -1.93. The molecule has 1 saturated heterocycles. The van der Waals surface area contributed by atoms with Crippen LogP contribution in [0.2, 0.25) is 0 Å². The summed E-state index contributed by atoms with van der Waals surface area (Å²) in [7, 11) is 0. The van der Waals surface area contributed by atoms with Gasteiger partial charge < -0.3 is 15.7 Å². The Balaban J connectivity index is 0.000000423. The molecular formula is C22H30F4N2O3. The van der Waals surface area contributed by atoms with E-state index in [2.05, 4.69) is 4.90 Å². The number of carboxylic acids is 1. The maximum atomic E-state index is 13.0. The Morgan fingerprint density at radius 2 is 1.52 bits per heavy atom. The second-order valence-corrected chi connectivity index (χ2v) is 8.36. The molecule has 1 aliphatic carbocycles. The first kappa shape index (κ1) is 25.3. The molecule has 0 spiro atoms. The normalized spacial score (nSPS) is 23.0. The topological polar surface area (TPSA) is 83.6 Å². The first-order chi connectivity index (χ1) is 14.6. The lowest BCUT2D eigenvalue weighted by atomic mass is 9.84. The van der Waals surface area contributed by atoms with Crippen LogP contribution in [0.5, 0.6) is 0 Å². The van der Waals surface area contributed by atoms with E-state index in [1.807, 2.05) is 0 Å². The highest BCUT2D eigenvalue weighted by molar-refractivity contribution is 5.97. The molecule has 3 rings (SSSR count).